The van der Waals surface area contributed by atoms with Crippen molar-refractivity contribution in [2.24, 2.45) is 5.10 Å². The number of hydrogen-bond acceptors (Lipinski definition) is 6. The smallest absolute Gasteiger partial charge is 0.271 e. The molecule has 8 nitrogen and oxygen atoms in total. The Kier molecular flexibility index (Phi) is 5.19. The van der Waals surface area contributed by atoms with Crippen LogP contribution >= 0.6 is 11.6 Å². The van der Waals surface area contributed by atoms with Crippen LogP contribution in [0.25, 0.3) is 0 Å². The summed E-state index contributed by atoms with van der Waals surface area (Å²) in [6.45, 7) is 0. The first-order valence-electron chi connectivity index (χ1n) is 8.04. The van der Waals surface area contributed by atoms with E-state index in [1.807, 2.05) is 0 Å². The van der Waals surface area contributed by atoms with Crippen molar-refractivity contribution in [2.45, 2.75) is 25.3 Å². The average molecular weight is 400 g/mol. The number of hydrazone groups is 1. The second kappa shape index (κ2) is 7.24. The number of nitrogens with zero attached hydrogens (tertiary/aromatic N) is 2. The number of halogens is 1. The lowest BCUT2D eigenvalue weighted by Crippen LogP contribution is -2.42. The first-order valence-corrected chi connectivity index (χ1v) is 10.2. The van der Waals surface area contributed by atoms with Gasteiger partial charge in [0.1, 0.15) is 11.5 Å². The highest BCUT2D eigenvalue weighted by Crippen LogP contribution is 2.28. The van der Waals surface area contributed by atoms with Crippen molar-refractivity contribution in [2.75, 3.05) is 23.9 Å². The molecule has 3 rings (SSSR count). The third-order valence-corrected chi connectivity index (χ3v) is 6.27. The standard InChI is InChI=1S/C16H18ClN3O5S/c1-25-14-4-2-10(17)8-13(14)18-16(22)12-3-5-15(21)20(19-12)11-6-7-26(23,24)9-11/h2,4,8,11H,3,5-7,9H2,1H3,(H,18,22)/t11-/m1/s1. The Bertz CT molecular complexity index is 884. The second-order valence-corrected chi connectivity index (χ2v) is 8.81. The molecule has 2 heterocycles. The van der Waals surface area contributed by atoms with E-state index < -0.39 is 21.8 Å². The lowest BCUT2D eigenvalue weighted by molar-refractivity contribution is -0.133. The summed E-state index contributed by atoms with van der Waals surface area (Å²) in [4.78, 5) is 24.7. The maximum atomic E-state index is 12.5. The summed E-state index contributed by atoms with van der Waals surface area (Å²) in [5, 5.41) is 8.39. The van der Waals surface area contributed by atoms with Gasteiger partial charge < -0.3 is 10.1 Å². The van der Waals surface area contributed by atoms with Crippen LogP contribution in [-0.2, 0) is 19.4 Å². The molecule has 0 unspecified atom stereocenters. The van der Waals surface area contributed by atoms with E-state index in [0.717, 1.165) is 5.01 Å². The number of ether oxygens (including phenoxy) is 1. The highest BCUT2D eigenvalue weighted by Gasteiger charge is 2.37. The first-order chi connectivity index (χ1) is 12.3. The minimum Gasteiger partial charge on any atom is -0.495 e. The summed E-state index contributed by atoms with van der Waals surface area (Å²) >= 11 is 5.95. The molecule has 0 aromatic heterocycles. The number of carbonyl (C=O) groups is 2. The van der Waals surface area contributed by atoms with Crippen molar-refractivity contribution in [3.05, 3.63) is 23.2 Å². The Labute approximate surface area is 156 Å². The van der Waals surface area contributed by atoms with Crippen molar-refractivity contribution in [1.29, 1.82) is 0 Å². The van der Waals surface area contributed by atoms with Gasteiger partial charge in [-0.25, -0.2) is 13.4 Å². The normalized spacial score (nSPS) is 22.1. The fourth-order valence-electron chi connectivity index (χ4n) is 2.96. The van der Waals surface area contributed by atoms with Crippen molar-refractivity contribution >= 4 is 44.7 Å². The van der Waals surface area contributed by atoms with Crippen LogP contribution in [0.1, 0.15) is 19.3 Å². The maximum absolute atomic E-state index is 12.5. The highest BCUT2D eigenvalue weighted by molar-refractivity contribution is 7.91. The molecule has 1 fully saturated rings. The van der Waals surface area contributed by atoms with E-state index >= 15 is 0 Å². The summed E-state index contributed by atoms with van der Waals surface area (Å²) in [6, 6.07) is 4.29. The van der Waals surface area contributed by atoms with E-state index in [4.69, 9.17) is 16.3 Å². The van der Waals surface area contributed by atoms with Crippen LogP contribution in [0.5, 0.6) is 5.75 Å². The van der Waals surface area contributed by atoms with Gasteiger partial charge in [0.05, 0.1) is 30.3 Å². The van der Waals surface area contributed by atoms with E-state index in [1.54, 1.807) is 18.2 Å². The van der Waals surface area contributed by atoms with Gasteiger partial charge in [0.25, 0.3) is 5.91 Å². The van der Waals surface area contributed by atoms with Crippen LogP contribution in [0.4, 0.5) is 5.69 Å². The van der Waals surface area contributed by atoms with Gasteiger partial charge in [0.15, 0.2) is 9.84 Å². The topological polar surface area (TPSA) is 105 Å². The van der Waals surface area contributed by atoms with E-state index in [1.165, 1.54) is 7.11 Å². The molecule has 0 bridgehead atoms. The Balaban J connectivity index is 1.80. The van der Waals surface area contributed by atoms with E-state index in [9.17, 15) is 18.0 Å². The van der Waals surface area contributed by atoms with Crippen molar-refractivity contribution < 1.29 is 22.7 Å². The Morgan fingerprint density at radius 1 is 1.38 bits per heavy atom. The van der Waals surface area contributed by atoms with Crippen molar-refractivity contribution in [3.8, 4) is 5.75 Å². The van der Waals surface area contributed by atoms with Crippen LogP contribution in [0.15, 0.2) is 23.3 Å². The quantitative estimate of drug-likeness (QED) is 0.825. The summed E-state index contributed by atoms with van der Waals surface area (Å²) in [7, 11) is -1.69. The molecule has 0 saturated carbocycles. The number of carbonyl (C=O) groups excluding carboxylic acids is 2. The molecular formula is C16H18ClN3O5S. The number of sulfone groups is 1. The molecule has 1 atom stereocenters. The molecule has 0 spiro atoms. The molecule has 1 aromatic rings. The minimum atomic E-state index is -3.16. The van der Waals surface area contributed by atoms with Gasteiger partial charge in [-0.3, -0.25) is 9.59 Å². The number of benzene rings is 1. The van der Waals surface area contributed by atoms with Crippen LogP contribution in [0, 0.1) is 0 Å². The largest absolute Gasteiger partial charge is 0.495 e. The molecule has 10 heteroatoms. The van der Waals surface area contributed by atoms with Gasteiger partial charge in [0.2, 0.25) is 5.91 Å². The van der Waals surface area contributed by atoms with E-state index in [0.29, 0.717) is 22.9 Å². The van der Waals surface area contributed by atoms with Gasteiger partial charge in [0, 0.05) is 17.9 Å². The molecule has 140 valence electrons. The number of anilines is 1. The zero-order chi connectivity index (χ0) is 18.9. The molecule has 1 saturated heterocycles. The predicted molar refractivity (Wildman–Crippen MR) is 97.2 cm³/mol. The fraction of sp³-hybridized carbons (Fsp3) is 0.438. The van der Waals surface area contributed by atoms with Crippen LogP contribution < -0.4 is 10.1 Å². The van der Waals surface area contributed by atoms with E-state index in [2.05, 4.69) is 10.4 Å². The fourth-order valence-corrected chi connectivity index (χ4v) is 4.82. The van der Waals surface area contributed by atoms with Gasteiger partial charge in [-0.15, -0.1) is 0 Å². The molecule has 0 radical (unpaired) electrons. The molecule has 26 heavy (non-hydrogen) atoms. The monoisotopic (exact) mass is 399 g/mol. The Hall–Kier alpha value is -2.13. The molecule has 2 aliphatic heterocycles. The Morgan fingerprint density at radius 3 is 2.81 bits per heavy atom. The summed E-state index contributed by atoms with van der Waals surface area (Å²) in [5.41, 5.74) is 0.551. The van der Waals surface area contributed by atoms with Gasteiger partial charge in [-0.1, -0.05) is 11.6 Å². The number of amides is 2. The molecule has 0 aliphatic carbocycles. The molecule has 1 aromatic carbocycles. The van der Waals surface area contributed by atoms with E-state index in [-0.39, 0.29) is 36.0 Å². The predicted octanol–water partition coefficient (Wildman–Crippen LogP) is 1.45. The third-order valence-electron chi connectivity index (χ3n) is 4.29. The number of rotatable bonds is 4. The highest BCUT2D eigenvalue weighted by atomic mass is 35.5. The van der Waals surface area contributed by atoms with Crippen LogP contribution in [0.3, 0.4) is 0 Å². The number of methoxy groups -OCH3 is 1. The van der Waals surface area contributed by atoms with Crippen LogP contribution in [0.2, 0.25) is 5.02 Å². The van der Waals surface area contributed by atoms with Crippen LogP contribution in [-0.4, -0.2) is 55.6 Å². The first kappa shape index (κ1) is 18.7. The zero-order valence-corrected chi connectivity index (χ0v) is 15.6. The molecule has 2 amide bonds. The lowest BCUT2D eigenvalue weighted by Gasteiger charge is -2.27. The van der Waals surface area contributed by atoms with Gasteiger partial charge in [-0.2, -0.15) is 5.10 Å². The molecule has 2 aliphatic rings. The summed E-state index contributed by atoms with van der Waals surface area (Å²) in [5.74, 6) is -0.417. The number of nitrogens with one attached hydrogen (secondary N) is 1. The average Bonchev–Trinajstić information content (AvgIpc) is 2.95. The summed E-state index contributed by atoms with van der Waals surface area (Å²) < 4.78 is 28.5. The lowest BCUT2D eigenvalue weighted by atomic mass is 10.1. The maximum Gasteiger partial charge on any atom is 0.271 e. The van der Waals surface area contributed by atoms with Crippen molar-refractivity contribution in [1.82, 2.24) is 5.01 Å². The SMILES string of the molecule is COc1ccc(Cl)cc1NC(=O)C1=NN([C@@H]2CCS(=O)(=O)C2)C(=O)CC1. The van der Waals surface area contributed by atoms with Gasteiger partial charge in [-0.05, 0) is 24.6 Å². The second-order valence-electron chi connectivity index (χ2n) is 6.14. The summed E-state index contributed by atoms with van der Waals surface area (Å²) in [6.07, 6.45) is 0.619. The van der Waals surface area contributed by atoms with Crippen molar-refractivity contribution in [3.63, 3.8) is 0 Å². The molecule has 1 N–H and O–H groups in total. The number of hydrogen-bond donors (Lipinski definition) is 1. The molecular weight excluding hydrogens is 382 g/mol. The minimum absolute atomic E-state index is 0.0260. The third kappa shape index (κ3) is 3.99. The van der Waals surface area contributed by atoms with Gasteiger partial charge >= 0.3 is 0 Å². The Morgan fingerprint density at radius 2 is 2.15 bits per heavy atom. The zero-order valence-electron chi connectivity index (χ0n) is 14.1.